The third-order valence-corrected chi connectivity index (χ3v) is 2.50. The van der Waals surface area contributed by atoms with Gasteiger partial charge < -0.3 is 0 Å². The summed E-state index contributed by atoms with van der Waals surface area (Å²) < 4.78 is 0. The Morgan fingerprint density at radius 1 is 1.23 bits per heavy atom. The summed E-state index contributed by atoms with van der Waals surface area (Å²) in [4.78, 5) is 0. The van der Waals surface area contributed by atoms with Gasteiger partial charge in [-0.15, -0.1) is 0 Å². The molecule has 0 aromatic rings. The minimum absolute atomic E-state index is 1.24. The van der Waals surface area contributed by atoms with E-state index in [1.807, 2.05) is 0 Å². The average Bonchev–Trinajstić information content (AvgIpc) is 2.52. The van der Waals surface area contributed by atoms with Crippen LogP contribution in [-0.2, 0) is 0 Å². The molecule has 0 saturated carbocycles. The predicted octanol–water partition coefficient (Wildman–Crippen LogP) is 4.40. The van der Waals surface area contributed by atoms with E-state index in [1.165, 1.54) is 43.3 Å². The van der Waals surface area contributed by atoms with Gasteiger partial charge in [-0.1, -0.05) is 50.5 Å². The molecular formula is C13H20. The fraction of sp³-hybridized carbons (Fsp3) is 0.538. The molecule has 1 rings (SSSR count). The smallest absolute Gasteiger partial charge is 0.0267 e. The van der Waals surface area contributed by atoms with Gasteiger partial charge in [0.05, 0.1) is 0 Å². The fourth-order valence-corrected chi connectivity index (χ4v) is 1.58. The number of rotatable bonds is 5. The van der Waals surface area contributed by atoms with E-state index in [-0.39, 0.29) is 0 Å². The Hall–Kier alpha value is -0.780. The first-order chi connectivity index (χ1) is 6.34. The molecule has 1 aliphatic carbocycles. The molecule has 0 N–H and O–H groups in total. The highest BCUT2D eigenvalue weighted by molar-refractivity contribution is 5.46. The van der Waals surface area contributed by atoms with Crippen LogP contribution in [0.5, 0.6) is 0 Å². The quantitative estimate of drug-likeness (QED) is 0.545. The van der Waals surface area contributed by atoms with E-state index in [9.17, 15) is 0 Å². The second-order valence-corrected chi connectivity index (χ2v) is 3.72. The topological polar surface area (TPSA) is 0 Å². The van der Waals surface area contributed by atoms with Gasteiger partial charge >= 0.3 is 0 Å². The number of hydrogen-bond donors (Lipinski definition) is 0. The Kier molecular flexibility index (Phi) is 4.59. The predicted molar refractivity (Wildman–Crippen MR) is 59.7 cm³/mol. The molecule has 0 spiro atoms. The molecule has 0 aliphatic heterocycles. The highest BCUT2D eigenvalue weighted by atomic mass is 14.0. The highest BCUT2D eigenvalue weighted by Crippen LogP contribution is 2.18. The van der Waals surface area contributed by atoms with Crippen molar-refractivity contribution < 1.29 is 0 Å². The van der Waals surface area contributed by atoms with Crippen molar-refractivity contribution in [3.63, 3.8) is 0 Å². The van der Waals surface area contributed by atoms with Crippen molar-refractivity contribution in [2.45, 2.75) is 46.0 Å². The van der Waals surface area contributed by atoms with Crippen LogP contribution >= 0.6 is 0 Å². The zero-order valence-corrected chi connectivity index (χ0v) is 8.84. The normalized spacial score (nSPS) is 18.3. The van der Waals surface area contributed by atoms with Gasteiger partial charge in [-0.2, -0.15) is 0 Å². The molecule has 1 aliphatic rings. The molecular weight excluding hydrogens is 156 g/mol. The van der Waals surface area contributed by atoms with Gasteiger partial charge in [0.15, 0.2) is 0 Å². The van der Waals surface area contributed by atoms with E-state index in [4.69, 9.17) is 0 Å². The number of unbranched alkanes of at least 4 members (excludes halogenated alkanes) is 4. The monoisotopic (exact) mass is 176 g/mol. The van der Waals surface area contributed by atoms with Gasteiger partial charge in [-0.25, -0.2) is 0 Å². The molecule has 0 aromatic carbocycles. The van der Waals surface area contributed by atoms with E-state index < -0.39 is 0 Å². The molecule has 0 amide bonds. The molecule has 0 saturated heterocycles. The van der Waals surface area contributed by atoms with Crippen LogP contribution in [0.2, 0.25) is 0 Å². The van der Waals surface area contributed by atoms with Gasteiger partial charge in [0.1, 0.15) is 0 Å². The summed E-state index contributed by atoms with van der Waals surface area (Å²) in [5, 5.41) is 0. The first-order valence-electron chi connectivity index (χ1n) is 5.40. The van der Waals surface area contributed by atoms with Crippen LogP contribution in [0.4, 0.5) is 0 Å². The molecule has 0 aromatic heterocycles. The van der Waals surface area contributed by atoms with Crippen molar-refractivity contribution in [2.24, 2.45) is 0 Å². The van der Waals surface area contributed by atoms with Gasteiger partial charge in [0.2, 0.25) is 0 Å². The van der Waals surface area contributed by atoms with Crippen molar-refractivity contribution in [1.82, 2.24) is 0 Å². The van der Waals surface area contributed by atoms with Crippen molar-refractivity contribution in [1.29, 1.82) is 0 Å². The summed E-state index contributed by atoms with van der Waals surface area (Å²) in [6.07, 6.45) is 15.6. The fourth-order valence-electron chi connectivity index (χ4n) is 1.58. The number of allylic oxidation sites excluding steroid dienone is 6. The van der Waals surface area contributed by atoms with Gasteiger partial charge in [-0.05, 0) is 30.9 Å². The van der Waals surface area contributed by atoms with Crippen LogP contribution in [0.1, 0.15) is 46.0 Å². The first kappa shape index (κ1) is 10.3. The summed E-state index contributed by atoms with van der Waals surface area (Å²) in [7, 11) is 0. The molecule has 0 bridgehead atoms. The molecule has 0 radical (unpaired) electrons. The summed E-state index contributed by atoms with van der Waals surface area (Å²) in [5.74, 6) is 0. The van der Waals surface area contributed by atoms with Crippen LogP contribution in [0.3, 0.4) is 0 Å². The first-order valence-corrected chi connectivity index (χ1v) is 5.40. The van der Waals surface area contributed by atoms with E-state index in [2.05, 4.69) is 38.2 Å². The SMILES string of the molecule is CCCCCCC=C1C=CC=C1C. The summed E-state index contributed by atoms with van der Waals surface area (Å²) >= 11 is 0. The molecule has 0 unspecified atom stereocenters. The van der Waals surface area contributed by atoms with Crippen molar-refractivity contribution in [3.05, 3.63) is 35.5 Å². The largest absolute Gasteiger partial charge is 0.0770 e. The second-order valence-electron chi connectivity index (χ2n) is 3.72. The minimum Gasteiger partial charge on any atom is -0.0770 e. The van der Waals surface area contributed by atoms with Gasteiger partial charge in [0.25, 0.3) is 0 Å². The highest BCUT2D eigenvalue weighted by Gasteiger charge is 1.98. The lowest BCUT2D eigenvalue weighted by atomic mass is 10.1. The average molecular weight is 176 g/mol. The Balaban J connectivity index is 2.17. The van der Waals surface area contributed by atoms with Crippen LogP contribution in [0, 0.1) is 0 Å². The maximum absolute atomic E-state index is 2.37. The molecule has 0 atom stereocenters. The van der Waals surface area contributed by atoms with E-state index >= 15 is 0 Å². The Labute approximate surface area is 82.0 Å². The molecule has 13 heavy (non-hydrogen) atoms. The lowest BCUT2D eigenvalue weighted by molar-refractivity contribution is 0.674. The lowest BCUT2D eigenvalue weighted by Crippen LogP contribution is -1.78. The van der Waals surface area contributed by atoms with Crippen LogP contribution < -0.4 is 0 Å². The molecule has 0 heteroatoms. The summed E-state index contributed by atoms with van der Waals surface area (Å²) in [6.45, 7) is 4.43. The van der Waals surface area contributed by atoms with Gasteiger partial charge in [0, 0.05) is 0 Å². The van der Waals surface area contributed by atoms with Crippen molar-refractivity contribution in [2.75, 3.05) is 0 Å². The maximum atomic E-state index is 2.37. The second kappa shape index (κ2) is 5.80. The van der Waals surface area contributed by atoms with E-state index in [0.29, 0.717) is 0 Å². The molecule has 0 nitrogen and oxygen atoms in total. The molecule has 72 valence electrons. The van der Waals surface area contributed by atoms with E-state index in [1.54, 1.807) is 0 Å². The Morgan fingerprint density at radius 3 is 2.69 bits per heavy atom. The molecule has 0 fully saturated rings. The van der Waals surface area contributed by atoms with Gasteiger partial charge in [-0.3, -0.25) is 0 Å². The minimum atomic E-state index is 1.24. The summed E-state index contributed by atoms with van der Waals surface area (Å²) in [5.41, 5.74) is 2.84. The van der Waals surface area contributed by atoms with Crippen molar-refractivity contribution in [3.8, 4) is 0 Å². The van der Waals surface area contributed by atoms with Crippen LogP contribution in [0.25, 0.3) is 0 Å². The lowest BCUT2D eigenvalue weighted by Gasteiger charge is -1.98. The van der Waals surface area contributed by atoms with E-state index in [0.717, 1.165) is 0 Å². The Bertz CT molecular complexity index is 228. The van der Waals surface area contributed by atoms with Crippen LogP contribution in [0.15, 0.2) is 35.5 Å². The zero-order chi connectivity index (χ0) is 9.52. The third-order valence-electron chi connectivity index (χ3n) is 2.50. The Morgan fingerprint density at radius 2 is 2.08 bits per heavy atom. The van der Waals surface area contributed by atoms with Crippen LogP contribution in [-0.4, -0.2) is 0 Å². The number of hydrogen-bond acceptors (Lipinski definition) is 0. The summed E-state index contributed by atoms with van der Waals surface area (Å²) in [6, 6.07) is 0. The zero-order valence-electron chi connectivity index (χ0n) is 8.84. The maximum Gasteiger partial charge on any atom is -0.0267 e. The van der Waals surface area contributed by atoms with Crippen molar-refractivity contribution >= 4 is 0 Å². The third kappa shape index (κ3) is 3.63. The molecule has 0 heterocycles. The standard InChI is InChI=1S/C13H20/c1-3-4-5-6-7-10-13-11-8-9-12(13)2/h8-11H,3-7H2,1-2H3.